The fraction of sp³-hybridized carbons (Fsp3) is 0.842. The second-order valence-electron chi connectivity index (χ2n) is 18.6. The Balaban J connectivity index is 3.40. The van der Waals surface area contributed by atoms with Gasteiger partial charge in [0.2, 0.25) is 5.91 Å². The molecule has 0 saturated heterocycles. The molecular weight excluding hydrogens is 747 g/mol. The molecule has 0 spiro atoms. The number of rotatable bonds is 50. The number of aliphatic hydroxyl groups excluding tert-OH is 2. The van der Waals surface area contributed by atoms with Crippen molar-refractivity contribution in [1.29, 1.82) is 0 Å². The number of unbranched alkanes of at least 4 members (excludes halogenated alkanes) is 37. The number of hydrogen-bond donors (Lipinski definition) is 3. The normalized spacial score (nSPS) is 13.2. The lowest BCUT2D eigenvalue weighted by molar-refractivity contribution is -0.123. The van der Waals surface area contributed by atoms with Crippen LogP contribution >= 0.6 is 0 Å². The lowest BCUT2D eigenvalue weighted by Crippen LogP contribution is -2.45. The van der Waals surface area contributed by atoms with Crippen LogP contribution in [0.4, 0.5) is 0 Å². The van der Waals surface area contributed by atoms with Crippen molar-refractivity contribution in [3.63, 3.8) is 0 Å². The van der Waals surface area contributed by atoms with Crippen LogP contribution in [-0.4, -0.2) is 34.9 Å². The average Bonchev–Trinajstić information content (AvgIpc) is 3.26. The van der Waals surface area contributed by atoms with E-state index >= 15 is 0 Å². The van der Waals surface area contributed by atoms with E-state index in [4.69, 9.17) is 0 Å². The number of amides is 1. The highest BCUT2D eigenvalue weighted by Crippen LogP contribution is 2.16. The van der Waals surface area contributed by atoms with Gasteiger partial charge in [0.1, 0.15) is 0 Å². The maximum atomic E-state index is 12.4. The van der Waals surface area contributed by atoms with Crippen LogP contribution in [0.15, 0.2) is 48.6 Å². The molecule has 0 aromatic heterocycles. The van der Waals surface area contributed by atoms with Gasteiger partial charge in [0, 0.05) is 6.42 Å². The molecule has 0 aromatic carbocycles. The van der Waals surface area contributed by atoms with Crippen LogP contribution in [0.5, 0.6) is 0 Å². The molecule has 61 heavy (non-hydrogen) atoms. The molecular formula is C57H107NO3. The van der Waals surface area contributed by atoms with E-state index in [1.807, 2.05) is 6.08 Å². The quantitative estimate of drug-likeness (QED) is 0.0422. The zero-order chi connectivity index (χ0) is 44.2. The number of aliphatic hydroxyl groups is 2. The van der Waals surface area contributed by atoms with E-state index in [0.29, 0.717) is 6.42 Å². The molecule has 2 unspecified atom stereocenters. The Morgan fingerprint density at radius 1 is 0.393 bits per heavy atom. The van der Waals surface area contributed by atoms with Crippen LogP contribution in [0.3, 0.4) is 0 Å². The topological polar surface area (TPSA) is 69.6 Å². The van der Waals surface area contributed by atoms with Crippen LogP contribution in [-0.2, 0) is 4.79 Å². The predicted octanol–water partition coefficient (Wildman–Crippen LogP) is 17.9. The minimum absolute atomic E-state index is 0.0742. The molecule has 0 aliphatic heterocycles. The monoisotopic (exact) mass is 854 g/mol. The molecule has 0 saturated carbocycles. The van der Waals surface area contributed by atoms with E-state index in [-0.39, 0.29) is 12.5 Å². The molecule has 4 heteroatoms. The first-order valence-electron chi connectivity index (χ1n) is 27.4. The first-order valence-corrected chi connectivity index (χ1v) is 27.4. The molecule has 0 aromatic rings. The van der Waals surface area contributed by atoms with Gasteiger partial charge in [0.15, 0.2) is 0 Å². The zero-order valence-electron chi connectivity index (χ0n) is 41.2. The number of allylic oxidation sites excluding steroid dienone is 7. The minimum Gasteiger partial charge on any atom is -0.394 e. The van der Waals surface area contributed by atoms with Crippen LogP contribution in [0.1, 0.15) is 290 Å². The first kappa shape index (κ1) is 59.4. The van der Waals surface area contributed by atoms with E-state index in [1.165, 1.54) is 231 Å². The molecule has 0 heterocycles. The van der Waals surface area contributed by atoms with Crippen molar-refractivity contribution in [3.8, 4) is 0 Å². The maximum Gasteiger partial charge on any atom is 0.220 e. The zero-order valence-corrected chi connectivity index (χ0v) is 41.2. The van der Waals surface area contributed by atoms with Gasteiger partial charge in [-0.15, -0.1) is 0 Å². The molecule has 0 rings (SSSR count). The smallest absolute Gasteiger partial charge is 0.220 e. The summed E-state index contributed by atoms with van der Waals surface area (Å²) in [4.78, 5) is 12.4. The Bertz CT molecular complexity index is 970. The van der Waals surface area contributed by atoms with Crippen LogP contribution in [0, 0.1) is 0 Å². The van der Waals surface area contributed by atoms with Crippen LogP contribution < -0.4 is 5.32 Å². The molecule has 0 aliphatic rings. The number of carbonyl (C=O) groups is 1. The number of carbonyl (C=O) groups excluding carboxylic acids is 1. The third-order valence-electron chi connectivity index (χ3n) is 12.5. The van der Waals surface area contributed by atoms with Gasteiger partial charge in [-0.3, -0.25) is 4.79 Å². The van der Waals surface area contributed by atoms with Crippen molar-refractivity contribution in [1.82, 2.24) is 5.32 Å². The largest absolute Gasteiger partial charge is 0.394 e. The summed E-state index contributed by atoms with van der Waals surface area (Å²) in [5.74, 6) is -0.0742. The van der Waals surface area contributed by atoms with Crippen molar-refractivity contribution in [3.05, 3.63) is 48.6 Å². The summed E-state index contributed by atoms with van der Waals surface area (Å²) in [7, 11) is 0. The van der Waals surface area contributed by atoms with Gasteiger partial charge in [0.25, 0.3) is 0 Å². The number of nitrogens with one attached hydrogen (secondary N) is 1. The molecule has 0 radical (unpaired) electrons. The molecule has 2 atom stereocenters. The molecule has 0 aliphatic carbocycles. The maximum absolute atomic E-state index is 12.4. The molecule has 358 valence electrons. The van der Waals surface area contributed by atoms with Crippen molar-refractivity contribution in [2.24, 2.45) is 0 Å². The van der Waals surface area contributed by atoms with Crippen LogP contribution in [0.25, 0.3) is 0 Å². The summed E-state index contributed by atoms with van der Waals surface area (Å²) in [6, 6.07) is -0.637. The molecule has 0 fully saturated rings. The summed E-state index contributed by atoms with van der Waals surface area (Å²) < 4.78 is 0. The third kappa shape index (κ3) is 49.2. The molecule has 0 bridgehead atoms. The average molecular weight is 854 g/mol. The summed E-state index contributed by atoms with van der Waals surface area (Å²) >= 11 is 0. The summed E-state index contributed by atoms with van der Waals surface area (Å²) in [6.45, 7) is 4.27. The third-order valence-corrected chi connectivity index (χ3v) is 12.5. The highest BCUT2D eigenvalue weighted by Gasteiger charge is 2.18. The molecule has 1 amide bonds. The van der Waals surface area contributed by atoms with Gasteiger partial charge in [-0.25, -0.2) is 0 Å². The van der Waals surface area contributed by atoms with Crippen molar-refractivity contribution in [2.75, 3.05) is 6.61 Å². The van der Waals surface area contributed by atoms with Crippen molar-refractivity contribution >= 4 is 5.91 Å². The van der Waals surface area contributed by atoms with Crippen molar-refractivity contribution < 1.29 is 15.0 Å². The van der Waals surface area contributed by atoms with Gasteiger partial charge in [-0.05, 0) is 64.2 Å². The standard InChI is InChI=1S/C57H107NO3/c1-3-5-7-9-11-13-15-16-17-18-19-20-21-22-23-24-25-26-27-28-29-30-31-32-33-34-35-36-37-38-39-40-41-42-43-45-47-49-51-53-57(61)58-55(54-59)56(60)52-50-48-46-44-14-12-10-8-6-4-2/h14,25-26,28-29,44,50,52,55-56,59-60H,3-13,15-24,27,30-43,45-49,51,53-54H2,1-2H3,(H,58,61)/b26-25-,29-28-,44-14+,52-50+. The highest BCUT2D eigenvalue weighted by molar-refractivity contribution is 5.76. The Hall–Kier alpha value is -1.65. The Labute approximate surface area is 382 Å². The summed E-state index contributed by atoms with van der Waals surface area (Å²) in [6.07, 6.45) is 73.0. The van der Waals surface area contributed by atoms with E-state index in [9.17, 15) is 15.0 Å². The molecule has 3 N–H and O–H groups in total. The number of hydrogen-bond acceptors (Lipinski definition) is 3. The second kappa shape index (κ2) is 52.7. The highest BCUT2D eigenvalue weighted by atomic mass is 16.3. The van der Waals surface area contributed by atoms with E-state index in [0.717, 1.165) is 38.5 Å². The SMILES string of the molecule is CCCCCC/C=C/CC/C=C/C(O)C(CO)NC(=O)CCCCCCCCCCCCCCCCCCC/C=C\C/C=C\CCCCCCCCCCCCCCCCC. The first-order chi connectivity index (χ1) is 30.2. The second-order valence-corrected chi connectivity index (χ2v) is 18.6. The van der Waals surface area contributed by atoms with E-state index < -0.39 is 12.1 Å². The van der Waals surface area contributed by atoms with Gasteiger partial charge in [0.05, 0.1) is 18.8 Å². The lowest BCUT2D eigenvalue weighted by atomic mass is 10.0. The summed E-state index contributed by atoms with van der Waals surface area (Å²) in [5.41, 5.74) is 0. The minimum atomic E-state index is -0.860. The summed E-state index contributed by atoms with van der Waals surface area (Å²) in [5, 5.41) is 22.9. The van der Waals surface area contributed by atoms with E-state index in [1.54, 1.807) is 6.08 Å². The molecule has 4 nitrogen and oxygen atoms in total. The fourth-order valence-corrected chi connectivity index (χ4v) is 8.34. The van der Waals surface area contributed by atoms with Gasteiger partial charge in [-0.2, -0.15) is 0 Å². The lowest BCUT2D eigenvalue weighted by Gasteiger charge is -2.19. The van der Waals surface area contributed by atoms with Gasteiger partial charge >= 0.3 is 0 Å². The van der Waals surface area contributed by atoms with Gasteiger partial charge < -0.3 is 15.5 Å². The predicted molar refractivity (Wildman–Crippen MR) is 271 cm³/mol. The fourth-order valence-electron chi connectivity index (χ4n) is 8.34. The van der Waals surface area contributed by atoms with Gasteiger partial charge in [-0.1, -0.05) is 268 Å². The Morgan fingerprint density at radius 3 is 1.07 bits per heavy atom. The van der Waals surface area contributed by atoms with E-state index in [2.05, 4.69) is 55.6 Å². The van der Waals surface area contributed by atoms with Crippen molar-refractivity contribution in [2.45, 2.75) is 302 Å². The van der Waals surface area contributed by atoms with Crippen LogP contribution in [0.2, 0.25) is 0 Å². The Morgan fingerprint density at radius 2 is 0.689 bits per heavy atom. The Kier molecular flexibility index (Phi) is 51.3.